The summed E-state index contributed by atoms with van der Waals surface area (Å²) >= 11 is 0. The average molecular weight is 217 g/mol. The second-order valence-corrected chi connectivity index (χ2v) is 4.03. The van der Waals surface area contributed by atoms with Crippen LogP contribution in [-0.4, -0.2) is 4.98 Å². The molecular formula is C14H16FN. The second-order valence-electron chi connectivity index (χ2n) is 4.03. The first-order valence-corrected chi connectivity index (χ1v) is 5.75. The molecule has 0 aliphatic carbocycles. The summed E-state index contributed by atoms with van der Waals surface area (Å²) < 4.78 is 13.2. The molecule has 2 aromatic rings. The number of benzene rings is 1. The van der Waals surface area contributed by atoms with E-state index in [1.807, 2.05) is 6.07 Å². The summed E-state index contributed by atoms with van der Waals surface area (Å²) in [6, 6.07) is 4.87. The molecule has 1 aromatic heterocycles. The first-order chi connectivity index (χ1) is 7.67. The van der Waals surface area contributed by atoms with Gasteiger partial charge in [-0.2, -0.15) is 0 Å². The quantitative estimate of drug-likeness (QED) is 0.745. The number of aryl methyl sites for hydroxylation is 2. The predicted octanol–water partition coefficient (Wildman–Crippen LogP) is 3.81. The normalized spacial score (nSPS) is 11.0. The SMILES string of the molecule is CCc1nc2cc(F)ccc2c(CC)c1C. The minimum Gasteiger partial charge on any atom is -0.252 e. The molecule has 0 amide bonds. The summed E-state index contributed by atoms with van der Waals surface area (Å²) in [4.78, 5) is 4.52. The highest BCUT2D eigenvalue weighted by atomic mass is 19.1. The van der Waals surface area contributed by atoms with Gasteiger partial charge in [-0.25, -0.2) is 4.39 Å². The van der Waals surface area contributed by atoms with Gasteiger partial charge in [-0.15, -0.1) is 0 Å². The monoisotopic (exact) mass is 217 g/mol. The Kier molecular flexibility index (Phi) is 2.90. The van der Waals surface area contributed by atoms with Gasteiger partial charge in [-0.05, 0) is 43.0 Å². The highest BCUT2D eigenvalue weighted by Gasteiger charge is 2.09. The highest BCUT2D eigenvalue weighted by molar-refractivity contribution is 5.83. The van der Waals surface area contributed by atoms with Gasteiger partial charge in [0.25, 0.3) is 0 Å². The zero-order valence-electron chi connectivity index (χ0n) is 9.97. The van der Waals surface area contributed by atoms with E-state index < -0.39 is 0 Å². The van der Waals surface area contributed by atoms with Crippen molar-refractivity contribution >= 4 is 10.9 Å². The van der Waals surface area contributed by atoms with Crippen molar-refractivity contribution in [3.8, 4) is 0 Å². The van der Waals surface area contributed by atoms with E-state index in [1.165, 1.54) is 23.3 Å². The van der Waals surface area contributed by atoms with Crippen LogP contribution in [0.2, 0.25) is 0 Å². The van der Waals surface area contributed by atoms with Crippen molar-refractivity contribution in [1.82, 2.24) is 4.98 Å². The number of halogens is 1. The minimum absolute atomic E-state index is 0.215. The fourth-order valence-electron chi connectivity index (χ4n) is 2.26. The van der Waals surface area contributed by atoms with Gasteiger partial charge in [-0.1, -0.05) is 13.8 Å². The van der Waals surface area contributed by atoms with Gasteiger partial charge >= 0.3 is 0 Å². The van der Waals surface area contributed by atoms with E-state index in [0.29, 0.717) is 0 Å². The Morgan fingerprint density at radius 2 is 1.94 bits per heavy atom. The van der Waals surface area contributed by atoms with Crippen LogP contribution < -0.4 is 0 Å². The van der Waals surface area contributed by atoms with Gasteiger partial charge < -0.3 is 0 Å². The third-order valence-corrected chi connectivity index (χ3v) is 3.11. The maximum atomic E-state index is 13.2. The van der Waals surface area contributed by atoms with Crippen LogP contribution in [0, 0.1) is 12.7 Å². The number of pyridine rings is 1. The van der Waals surface area contributed by atoms with Crippen LogP contribution in [0.25, 0.3) is 10.9 Å². The third-order valence-electron chi connectivity index (χ3n) is 3.11. The third kappa shape index (κ3) is 1.69. The molecule has 1 nitrogen and oxygen atoms in total. The van der Waals surface area contributed by atoms with E-state index in [1.54, 1.807) is 0 Å². The van der Waals surface area contributed by atoms with Crippen LogP contribution >= 0.6 is 0 Å². The standard InChI is InChI=1S/C14H16FN/c1-4-11-9(3)13(5-2)16-14-8-10(15)6-7-12(11)14/h6-8H,4-5H2,1-3H3. The molecule has 0 radical (unpaired) electrons. The predicted molar refractivity (Wildman–Crippen MR) is 65.2 cm³/mol. The Morgan fingerprint density at radius 3 is 2.56 bits per heavy atom. The lowest BCUT2D eigenvalue weighted by atomic mass is 9.98. The number of hydrogen-bond acceptors (Lipinski definition) is 1. The molecule has 2 heteroatoms. The molecule has 2 rings (SSSR count). The Bertz CT molecular complexity index is 532. The van der Waals surface area contributed by atoms with Gasteiger partial charge in [0.2, 0.25) is 0 Å². The molecule has 0 saturated carbocycles. The summed E-state index contributed by atoms with van der Waals surface area (Å²) in [5.74, 6) is -0.215. The summed E-state index contributed by atoms with van der Waals surface area (Å²) in [6.07, 6.45) is 1.86. The molecule has 0 atom stereocenters. The molecule has 84 valence electrons. The van der Waals surface area contributed by atoms with Crippen LogP contribution in [0.5, 0.6) is 0 Å². The zero-order valence-corrected chi connectivity index (χ0v) is 9.97. The molecule has 1 aromatic carbocycles. The van der Waals surface area contributed by atoms with Crippen molar-refractivity contribution in [3.05, 3.63) is 40.8 Å². The first-order valence-electron chi connectivity index (χ1n) is 5.75. The zero-order chi connectivity index (χ0) is 11.7. The van der Waals surface area contributed by atoms with Crippen LogP contribution in [-0.2, 0) is 12.8 Å². The second kappa shape index (κ2) is 4.20. The van der Waals surface area contributed by atoms with Crippen LogP contribution in [0.1, 0.15) is 30.7 Å². The number of hydrogen-bond donors (Lipinski definition) is 0. The van der Waals surface area contributed by atoms with Crippen molar-refractivity contribution < 1.29 is 4.39 Å². The molecule has 0 N–H and O–H groups in total. The Morgan fingerprint density at radius 1 is 1.19 bits per heavy atom. The van der Waals surface area contributed by atoms with Crippen molar-refractivity contribution in [2.75, 3.05) is 0 Å². The highest BCUT2D eigenvalue weighted by Crippen LogP contribution is 2.24. The summed E-state index contributed by atoms with van der Waals surface area (Å²) in [5.41, 5.74) is 4.40. The van der Waals surface area contributed by atoms with Crippen molar-refractivity contribution in [3.63, 3.8) is 0 Å². The largest absolute Gasteiger partial charge is 0.252 e. The van der Waals surface area contributed by atoms with Crippen LogP contribution in [0.4, 0.5) is 4.39 Å². The molecule has 0 aliphatic rings. The van der Waals surface area contributed by atoms with Crippen molar-refractivity contribution in [1.29, 1.82) is 0 Å². The van der Waals surface area contributed by atoms with Gasteiger partial charge in [0.15, 0.2) is 0 Å². The fraction of sp³-hybridized carbons (Fsp3) is 0.357. The van der Waals surface area contributed by atoms with Crippen molar-refractivity contribution in [2.45, 2.75) is 33.6 Å². The topological polar surface area (TPSA) is 12.9 Å². The van der Waals surface area contributed by atoms with Gasteiger partial charge in [-0.3, -0.25) is 4.98 Å². The summed E-state index contributed by atoms with van der Waals surface area (Å²) in [7, 11) is 0. The Balaban J connectivity index is 2.84. The van der Waals surface area contributed by atoms with E-state index in [2.05, 4.69) is 25.8 Å². The maximum Gasteiger partial charge on any atom is 0.125 e. The van der Waals surface area contributed by atoms with E-state index in [-0.39, 0.29) is 5.82 Å². The molecular weight excluding hydrogens is 201 g/mol. The molecule has 0 saturated heterocycles. The number of aromatic nitrogens is 1. The molecule has 0 bridgehead atoms. The molecule has 0 fully saturated rings. The maximum absolute atomic E-state index is 13.2. The number of nitrogens with zero attached hydrogens (tertiary/aromatic N) is 1. The fourth-order valence-corrected chi connectivity index (χ4v) is 2.26. The smallest absolute Gasteiger partial charge is 0.125 e. The molecule has 1 heterocycles. The Labute approximate surface area is 95.3 Å². The average Bonchev–Trinajstić information content (AvgIpc) is 2.28. The van der Waals surface area contributed by atoms with Gasteiger partial charge in [0.1, 0.15) is 5.82 Å². The van der Waals surface area contributed by atoms with Crippen molar-refractivity contribution in [2.24, 2.45) is 0 Å². The molecule has 0 spiro atoms. The number of rotatable bonds is 2. The molecule has 0 aliphatic heterocycles. The number of fused-ring (bicyclic) bond motifs is 1. The summed E-state index contributed by atoms with van der Waals surface area (Å²) in [6.45, 7) is 6.32. The summed E-state index contributed by atoms with van der Waals surface area (Å²) in [5, 5.41) is 1.08. The molecule has 0 unspecified atom stereocenters. The van der Waals surface area contributed by atoms with Gasteiger partial charge in [0.05, 0.1) is 5.52 Å². The lowest BCUT2D eigenvalue weighted by Crippen LogP contribution is -1.99. The lowest BCUT2D eigenvalue weighted by molar-refractivity contribution is 0.629. The van der Waals surface area contributed by atoms with Crippen LogP contribution in [0.3, 0.4) is 0 Å². The van der Waals surface area contributed by atoms with E-state index >= 15 is 0 Å². The van der Waals surface area contributed by atoms with E-state index in [0.717, 1.165) is 29.4 Å². The van der Waals surface area contributed by atoms with E-state index in [4.69, 9.17) is 0 Å². The lowest BCUT2D eigenvalue weighted by Gasteiger charge is -2.12. The first kappa shape index (κ1) is 11.1. The molecule has 16 heavy (non-hydrogen) atoms. The minimum atomic E-state index is -0.215. The van der Waals surface area contributed by atoms with E-state index in [9.17, 15) is 4.39 Å². The Hall–Kier alpha value is -1.44. The van der Waals surface area contributed by atoms with Gasteiger partial charge in [0, 0.05) is 17.1 Å². The van der Waals surface area contributed by atoms with Crippen LogP contribution in [0.15, 0.2) is 18.2 Å².